The standard InChI is InChI=1S/C18H20N2O2/c1-21-18-17(9-5-11-20-18)16-8-3-2-6-14(16)13-22-15-7-4-10-19-12-15/h4-5,7,9-12H,2-3,6,8,13H2,1H3. The molecule has 0 N–H and O–H groups in total. The number of nitrogens with zero attached hydrogens (tertiary/aromatic N) is 2. The van der Waals surface area contributed by atoms with Gasteiger partial charge in [0.2, 0.25) is 5.88 Å². The van der Waals surface area contributed by atoms with Gasteiger partial charge in [0.15, 0.2) is 0 Å². The quantitative estimate of drug-likeness (QED) is 0.839. The van der Waals surface area contributed by atoms with Crippen molar-refractivity contribution in [3.05, 3.63) is 54.0 Å². The molecule has 114 valence electrons. The van der Waals surface area contributed by atoms with E-state index >= 15 is 0 Å². The van der Waals surface area contributed by atoms with Gasteiger partial charge >= 0.3 is 0 Å². The molecule has 1 aliphatic carbocycles. The maximum atomic E-state index is 5.89. The molecule has 0 atom stereocenters. The minimum atomic E-state index is 0.596. The molecule has 22 heavy (non-hydrogen) atoms. The zero-order valence-corrected chi connectivity index (χ0v) is 12.8. The van der Waals surface area contributed by atoms with E-state index in [9.17, 15) is 0 Å². The first-order chi connectivity index (χ1) is 10.9. The second-order valence-corrected chi connectivity index (χ2v) is 5.33. The first-order valence-corrected chi connectivity index (χ1v) is 7.61. The van der Waals surface area contributed by atoms with Gasteiger partial charge in [-0.1, -0.05) is 0 Å². The molecule has 0 aromatic carbocycles. The number of methoxy groups -OCH3 is 1. The van der Waals surface area contributed by atoms with Crippen LogP contribution < -0.4 is 9.47 Å². The summed E-state index contributed by atoms with van der Waals surface area (Å²) in [6.45, 7) is 0.596. The fourth-order valence-electron chi connectivity index (χ4n) is 2.84. The fourth-order valence-corrected chi connectivity index (χ4v) is 2.84. The van der Waals surface area contributed by atoms with Crippen molar-refractivity contribution in [1.82, 2.24) is 9.97 Å². The van der Waals surface area contributed by atoms with Crippen molar-refractivity contribution in [2.24, 2.45) is 0 Å². The summed E-state index contributed by atoms with van der Waals surface area (Å²) in [5, 5.41) is 0. The van der Waals surface area contributed by atoms with Crippen molar-refractivity contribution in [2.45, 2.75) is 25.7 Å². The molecule has 0 unspecified atom stereocenters. The summed E-state index contributed by atoms with van der Waals surface area (Å²) in [6.07, 6.45) is 9.77. The van der Waals surface area contributed by atoms with E-state index < -0.39 is 0 Å². The number of hydrogen-bond acceptors (Lipinski definition) is 4. The summed E-state index contributed by atoms with van der Waals surface area (Å²) in [5.74, 6) is 1.50. The number of pyridine rings is 2. The number of ether oxygens (including phenoxy) is 2. The Kier molecular flexibility index (Phi) is 4.68. The third-order valence-corrected chi connectivity index (χ3v) is 3.92. The topological polar surface area (TPSA) is 44.2 Å². The van der Waals surface area contributed by atoms with Gasteiger partial charge in [-0.2, -0.15) is 0 Å². The van der Waals surface area contributed by atoms with Crippen LogP contribution in [0.25, 0.3) is 5.57 Å². The van der Waals surface area contributed by atoms with Gasteiger partial charge in [-0.3, -0.25) is 4.98 Å². The smallest absolute Gasteiger partial charge is 0.220 e. The Morgan fingerprint density at radius 1 is 1.09 bits per heavy atom. The molecule has 0 fully saturated rings. The number of aromatic nitrogens is 2. The summed E-state index contributed by atoms with van der Waals surface area (Å²) in [5.41, 5.74) is 3.75. The molecule has 0 spiro atoms. The molecule has 0 saturated carbocycles. The van der Waals surface area contributed by atoms with E-state index in [-0.39, 0.29) is 0 Å². The molecule has 2 heterocycles. The average Bonchev–Trinajstić information content (AvgIpc) is 2.61. The van der Waals surface area contributed by atoms with E-state index in [1.54, 1.807) is 25.7 Å². The lowest BCUT2D eigenvalue weighted by molar-refractivity contribution is 0.343. The van der Waals surface area contributed by atoms with Crippen LogP contribution in [0.4, 0.5) is 0 Å². The summed E-state index contributed by atoms with van der Waals surface area (Å²) in [6, 6.07) is 7.85. The minimum Gasteiger partial charge on any atom is -0.488 e. The SMILES string of the molecule is COc1ncccc1C1=C(COc2cccnc2)CCCC1. The highest BCUT2D eigenvalue weighted by Crippen LogP contribution is 2.36. The van der Waals surface area contributed by atoms with Crippen LogP contribution in [-0.2, 0) is 0 Å². The van der Waals surface area contributed by atoms with Gasteiger partial charge in [0.1, 0.15) is 12.4 Å². The van der Waals surface area contributed by atoms with Gasteiger partial charge in [0, 0.05) is 18.0 Å². The molecule has 0 bridgehead atoms. The van der Waals surface area contributed by atoms with E-state index in [0.29, 0.717) is 12.5 Å². The van der Waals surface area contributed by atoms with Crippen LogP contribution in [0.2, 0.25) is 0 Å². The van der Waals surface area contributed by atoms with E-state index in [0.717, 1.165) is 24.2 Å². The molecular weight excluding hydrogens is 276 g/mol. The van der Waals surface area contributed by atoms with Crippen molar-refractivity contribution in [3.63, 3.8) is 0 Å². The predicted molar refractivity (Wildman–Crippen MR) is 85.9 cm³/mol. The van der Waals surface area contributed by atoms with Crippen LogP contribution in [-0.4, -0.2) is 23.7 Å². The molecule has 1 aliphatic rings. The normalized spacial score (nSPS) is 14.8. The highest BCUT2D eigenvalue weighted by Gasteiger charge is 2.18. The molecule has 2 aromatic heterocycles. The van der Waals surface area contributed by atoms with Crippen molar-refractivity contribution in [1.29, 1.82) is 0 Å². The van der Waals surface area contributed by atoms with Crippen LogP contribution >= 0.6 is 0 Å². The van der Waals surface area contributed by atoms with Crippen LogP contribution in [0.15, 0.2) is 48.4 Å². The number of hydrogen-bond donors (Lipinski definition) is 0. The number of allylic oxidation sites excluding steroid dienone is 1. The molecule has 0 saturated heterocycles. The molecule has 2 aromatic rings. The van der Waals surface area contributed by atoms with E-state index in [1.165, 1.54) is 24.0 Å². The van der Waals surface area contributed by atoms with Gasteiger partial charge in [0.25, 0.3) is 0 Å². The van der Waals surface area contributed by atoms with Crippen LogP contribution in [0, 0.1) is 0 Å². The first kappa shape index (κ1) is 14.6. The summed E-state index contributed by atoms with van der Waals surface area (Å²) in [7, 11) is 1.67. The van der Waals surface area contributed by atoms with Gasteiger partial charge in [-0.25, -0.2) is 4.98 Å². The van der Waals surface area contributed by atoms with E-state index in [1.807, 2.05) is 18.2 Å². The van der Waals surface area contributed by atoms with Crippen molar-refractivity contribution < 1.29 is 9.47 Å². The Morgan fingerprint density at radius 3 is 2.77 bits per heavy atom. The maximum absolute atomic E-state index is 5.89. The molecule has 0 amide bonds. The number of rotatable bonds is 5. The molecule has 0 aliphatic heterocycles. The van der Waals surface area contributed by atoms with Crippen molar-refractivity contribution >= 4 is 5.57 Å². The Morgan fingerprint density at radius 2 is 1.95 bits per heavy atom. The Hall–Kier alpha value is -2.36. The Balaban J connectivity index is 1.86. The summed E-state index contributed by atoms with van der Waals surface area (Å²) >= 11 is 0. The summed E-state index contributed by atoms with van der Waals surface area (Å²) in [4.78, 5) is 8.40. The molecule has 4 heteroatoms. The van der Waals surface area contributed by atoms with Gasteiger partial charge in [0.05, 0.1) is 13.3 Å². The van der Waals surface area contributed by atoms with Crippen molar-refractivity contribution in [2.75, 3.05) is 13.7 Å². The van der Waals surface area contributed by atoms with Gasteiger partial charge < -0.3 is 9.47 Å². The Bertz CT molecular complexity index is 653. The third kappa shape index (κ3) is 3.27. The summed E-state index contributed by atoms with van der Waals surface area (Å²) < 4.78 is 11.3. The van der Waals surface area contributed by atoms with Crippen LogP contribution in [0.1, 0.15) is 31.2 Å². The lowest BCUT2D eigenvalue weighted by Gasteiger charge is -2.22. The highest BCUT2D eigenvalue weighted by molar-refractivity contribution is 5.72. The Labute approximate surface area is 130 Å². The fraction of sp³-hybridized carbons (Fsp3) is 0.333. The van der Waals surface area contributed by atoms with Gasteiger partial charge in [-0.15, -0.1) is 0 Å². The predicted octanol–water partition coefficient (Wildman–Crippen LogP) is 3.89. The monoisotopic (exact) mass is 296 g/mol. The lowest BCUT2D eigenvalue weighted by atomic mass is 9.88. The largest absolute Gasteiger partial charge is 0.488 e. The second-order valence-electron chi connectivity index (χ2n) is 5.33. The van der Waals surface area contributed by atoms with E-state index in [2.05, 4.69) is 16.0 Å². The minimum absolute atomic E-state index is 0.596. The third-order valence-electron chi connectivity index (χ3n) is 3.92. The van der Waals surface area contributed by atoms with Gasteiger partial charge in [-0.05, 0) is 61.1 Å². The van der Waals surface area contributed by atoms with E-state index in [4.69, 9.17) is 9.47 Å². The molecule has 0 radical (unpaired) electrons. The lowest BCUT2D eigenvalue weighted by Crippen LogP contribution is -2.09. The maximum Gasteiger partial charge on any atom is 0.220 e. The second kappa shape index (κ2) is 7.07. The molecule has 4 nitrogen and oxygen atoms in total. The first-order valence-electron chi connectivity index (χ1n) is 7.61. The van der Waals surface area contributed by atoms with Crippen LogP contribution in [0.5, 0.6) is 11.6 Å². The van der Waals surface area contributed by atoms with Crippen molar-refractivity contribution in [3.8, 4) is 11.6 Å². The zero-order chi connectivity index (χ0) is 15.2. The molecular formula is C18H20N2O2. The molecule has 3 rings (SSSR count). The highest BCUT2D eigenvalue weighted by atomic mass is 16.5. The average molecular weight is 296 g/mol. The van der Waals surface area contributed by atoms with Crippen LogP contribution in [0.3, 0.4) is 0 Å². The zero-order valence-electron chi connectivity index (χ0n) is 12.8.